The van der Waals surface area contributed by atoms with Gasteiger partial charge in [-0.25, -0.2) is 9.78 Å². The predicted octanol–water partition coefficient (Wildman–Crippen LogP) is 5.19. The molecule has 0 bridgehead atoms. The number of thiophene rings is 1. The summed E-state index contributed by atoms with van der Waals surface area (Å²) in [5.74, 6) is -0.992. The maximum absolute atomic E-state index is 11.6. The van der Waals surface area contributed by atoms with Crippen molar-refractivity contribution in [1.29, 1.82) is 0 Å². The smallest absolute Gasteiger partial charge is 0.336 e. The number of aromatic nitrogens is 1. The number of carboxylic acids is 1. The first-order chi connectivity index (χ1) is 10.5. The molecule has 0 unspecified atom stereocenters. The number of hydrogen-bond acceptors (Lipinski definition) is 3. The molecule has 0 atom stereocenters. The monoisotopic (exact) mass is 331 g/mol. The van der Waals surface area contributed by atoms with Crippen LogP contribution in [0.15, 0.2) is 30.3 Å². The van der Waals surface area contributed by atoms with E-state index >= 15 is 0 Å². The summed E-state index contributed by atoms with van der Waals surface area (Å²) < 4.78 is 0. The van der Waals surface area contributed by atoms with Crippen molar-refractivity contribution >= 4 is 39.8 Å². The highest BCUT2D eigenvalue weighted by Gasteiger charge is 2.17. The number of carboxylic acid groups (broad SMARTS) is 1. The van der Waals surface area contributed by atoms with E-state index in [9.17, 15) is 9.90 Å². The van der Waals surface area contributed by atoms with Gasteiger partial charge in [0.2, 0.25) is 0 Å². The Labute approximate surface area is 137 Å². The predicted molar refractivity (Wildman–Crippen MR) is 91.1 cm³/mol. The minimum absolute atomic E-state index is 0.195. The van der Waals surface area contributed by atoms with Crippen molar-refractivity contribution in [3.05, 3.63) is 51.4 Å². The molecule has 2 aromatic heterocycles. The highest BCUT2D eigenvalue weighted by Crippen LogP contribution is 2.34. The second-order valence-corrected chi connectivity index (χ2v) is 6.64. The number of rotatable bonds is 3. The molecule has 0 saturated carbocycles. The van der Waals surface area contributed by atoms with Crippen LogP contribution < -0.4 is 0 Å². The van der Waals surface area contributed by atoms with Gasteiger partial charge in [0, 0.05) is 10.3 Å². The minimum Gasteiger partial charge on any atom is -0.478 e. The Morgan fingerprint density at radius 1 is 1.32 bits per heavy atom. The van der Waals surface area contributed by atoms with E-state index in [1.165, 1.54) is 4.88 Å². The topological polar surface area (TPSA) is 50.2 Å². The lowest BCUT2D eigenvalue weighted by atomic mass is 10.0. The number of nitrogens with zero attached hydrogens (tertiary/aromatic N) is 1. The van der Waals surface area contributed by atoms with Crippen LogP contribution in [-0.4, -0.2) is 16.1 Å². The molecule has 0 amide bonds. The molecule has 0 saturated heterocycles. The van der Waals surface area contributed by atoms with E-state index in [0.29, 0.717) is 21.6 Å². The molecule has 22 heavy (non-hydrogen) atoms. The standard InChI is InChI=1S/C17H14ClNO2S/c1-3-10-5-7-14(22-10)13-8-11(17(20)21)15-12(18)6-4-9(2)16(15)19-13/h4-8H,3H2,1-2H3,(H,20,21). The Hall–Kier alpha value is -1.91. The van der Waals surface area contributed by atoms with Crippen LogP contribution in [0.25, 0.3) is 21.5 Å². The molecule has 112 valence electrons. The fourth-order valence-electron chi connectivity index (χ4n) is 2.43. The zero-order valence-electron chi connectivity index (χ0n) is 12.2. The third-order valence-electron chi connectivity index (χ3n) is 3.60. The lowest BCUT2D eigenvalue weighted by Crippen LogP contribution is -2.01. The second-order valence-electron chi connectivity index (χ2n) is 5.07. The molecule has 0 radical (unpaired) electrons. The molecule has 0 aliphatic rings. The van der Waals surface area contributed by atoms with E-state index < -0.39 is 5.97 Å². The fourth-order valence-corrected chi connectivity index (χ4v) is 3.60. The van der Waals surface area contributed by atoms with Gasteiger partial charge in [-0.15, -0.1) is 11.3 Å². The Balaban J connectivity index is 2.34. The van der Waals surface area contributed by atoms with E-state index in [0.717, 1.165) is 16.9 Å². The number of carbonyl (C=O) groups is 1. The van der Waals surface area contributed by atoms with Crippen molar-refractivity contribution in [3.8, 4) is 10.6 Å². The van der Waals surface area contributed by atoms with Crippen LogP contribution in [0.4, 0.5) is 0 Å². The molecule has 0 aliphatic carbocycles. The summed E-state index contributed by atoms with van der Waals surface area (Å²) in [5, 5.41) is 10.5. The molecule has 1 N–H and O–H groups in total. The van der Waals surface area contributed by atoms with Gasteiger partial charge in [-0.3, -0.25) is 0 Å². The van der Waals surface area contributed by atoms with Crippen LogP contribution in [0.3, 0.4) is 0 Å². The number of fused-ring (bicyclic) bond motifs is 1. The first kappa shape index (κ1) is 15.0. The van der Waals surface area contributed by atoms with Crippen LogP contribution in [0.5, 0.6) is 0 Å². The molecule has 5 heteroatoms. The molecule has 3 rings (SSSR count). The number of pyridine rings is 1. The normalized spacial score (nSPS) is 11.0. The van der Waals surface area contributed by atoms with Crippen LogP contribution in [0.1, 0.15) is 27.7 Å². The maximum atomic E-state index is 11.6. The molecule has 3 nitrogen and oxygen atoms in total. The first-order valence-electron chi connectivity index (χ1n) is 6.93. The van der Waals surface area contributed by atoms with Crippen molar-refractivity contribution in [3.63, 3.8) is 0 Å². The van der Waals surface area contributed by atoms with Crippen LogP contribution in [0.2, 0.25) is 5.02 Å². The van der Waals surface area contributed by atoms with Gasteiger partial charge in [-0.2, -0.15) is 0 Å². The third kappa shape index (κ3) is 2.49. The first-order valence-corrected chi connectivity index (χ1v) is 8.13. The lowest BCUT2D eigenvalue weighted by molar-refractivity contribution is 0.0699. The summed E-state index contributed by atoms with van der Waals surface area (Å²) >= 11 is 7.84. The van der Waals surface area contributed by atoms with Gasteiger partial charge < -0.3 is 5.11 Å². The summed E-state index contributed by atoms with van der Waals surface area (Å²) in [7, 11) is 0. The Morgan fingerprint density at radius 3 is 2.73 bits per heavy atom. The highest BCUT2D eigenvalue weighted by atomic mass is 35.5. The highest BCUT2D eigenvalue weighted by molar-refractivity contribution is 7.15. The van der Waals surface area contributed by atoms with Gasteiger partial charge in [0.15, 0.2) is 0 Å². The summed E-state index contributed by atoms with van der Waals surface area (Å²) in [6.45, 7) is 4.00. The third-order valence-corrected chi connectivity index (χ3v) is 5.17. The van der Waals surface area contributed by atoms with Gasteiger partial charge in [-0.1, -0.05) is 24.6 Å². The van der Waals surface area contributed by atoms with Crippen LogP contribution >= 0.6 is 22.9 Å². The second kappa shape index (κ2) is 5.71. The van der Waals surface area contributed by atoms with Crippen LogP contribution in [0, 0.1) is 6.92 Å². The van der Waals surface area contributed by atoms with E-state index in [4.69, 9.17) is 11.6 Å². The number of aromatic carboxylic acids is 1. The molecule has 3 aromatic rings. The quantitative estimate of drug-likeness (QED) is 0.718. The molecular weight excluding hydrogens is 318 g/mol. The number of hydrogen-bond donors (Lipinski definition) is 1. The Kier molecular flexibility index (Phi) is 3.89. The van der Waals surface area contributed by atoms with Gasteiger partial charge >= 0.3 is 5.97 Å². The summed E-state index contributed by atoms with van der Waals surface area (Å²) in [6, 6.07) is 9.23. The maximum Gasteiger partial charge on any atom is 0.336 e. The van der Waals surface area contributed by atoms with Gasteiger partial charge in [0.05, 0.1) is 26.7 Å². The van der Waals surface area contributed by atoms with E-state index in [2.05, 4.69) is 18.0 Å². The van der Waals surface area contributed by atoms with Crippen molar-refractivity contribution in [2.45, 2.75) is 20.3 Å². The van der Waals surface area contributed by atoms with E-state index in [-0.39, 0.29) is 5.56 Å². The zero-order valence-corrected chi connectivity index (χ0v) is 13.8. The summed E-state index contributed by atoms with van der Waals surface area (Å²) in [6.07, 6.45) is 0.953. The average molecular weight is 332 g/mol. The van der Waals surface area contributed by atoms with E-state index in [1.807, 2.05) is 19.1 Å². The van der Waals surface area contributed by atoms with Gasteiger partial charge in [-0.05, 0) is 43.2 Å². The van der Waals surface area contributed by atoms with Crippen molar-refractivity contribution in [2.24, 2.45) is 0 Å². The van der Waals surface area contributed by atoms with E-state index in [1.54, 1.807) is 23.5 Å². The van der Waals surface area contributed by atoms with Gasteiger partial charge in [0.1, 0.15) is 0 Å². The largest absolute Gasteiger partial charge is 0.478 e. The van der Waals surface area contributed by atoms with Crippen molar-refractivity contribution < 1.29 is 9.90 Å². The Bertz CT molecular complexity index is 886. The Morgan fingerprint density at radius 2 is 2.09 bits per heavy atom. The fraction of sp³-hybridized carbons (Fsp3) is 0.176. The number of aryl methyl sites for hydroxylation is 2. The average Bonchev–Trinajstić information content (AvgIpc) is 2.99. The molecule has 0 aliphatic heterocycles. The van der Waals surface area contributed by atoms with Crippen LogP contribution in [-0.2, 0) is 6.42 Å². The zero-order chi connectivity index (χ0) is 15.9. The molecule has 2 heterocycles. The SMILES string of the molecule is CCc1ccc(-c2cc(C(=O)O)c3c(Cl)ccc(C)c3n2)s1. The van der Waals surface area contributed by atoms with Gasteiger partial charge in [0.25, 0.3) is 0 Å². The minimum atomic E-state index is -0.992. The van der Waals surface area contributed by atoms with Crippen molar-refractivity contribution in [1.82, 2.24) is 4.98 Å². The number of benzene rings is 1. The molecular formula is C17H14ClNO2S. The summed E-state index contributed by atoms with van der Waals surface area (Å²) in [5.41, 5.74) is 2.44. The van der Waals surface area contributed by atoms with Crippen molar-refractivity contribution in [2.75, 3.05) is 0 Å². The number of halogens is 1. The molecule has 0 spiro atoms. The molecule has 1 aromatic carbocycles. The lowest BCUT2D eigenvalue weighted by Gasteiger charge is -2.09. The molecule has 0 fully saturated rings. The summed E-state index contributed by atoms with van der Waals surface area (Å²) in [4.78, 5) is 18.5.